The van der Waals surface area contributed by atoms with Gasteiger partial charge >= 0.3 is 11.9 Å². The lowest BCUT2D eigenvalue weighted by molar-refractivity contribution is -0.114. The molecule has 1 saturated heterocycles. The predicted molar refractivity (Wildman–Crippen MR) is 123 cm³/mol. The number of hydrogen-bond donors (Lipinski definition) is 4. The number of nitrogens with zero attached hydrogens (tertiary/aromatic N) is 2. The molecule has 0 aliphatic carbocycles. The Balaban J connectivity index is 1.60. The third-order valence-electron chi connectivity index (χ3n) is 5.33. The second-order valence-electron chi connectivity index (χ2n) is 7.51. The third kappa shape index (κ3) is 4.11. The van der Waals surface area contributed by atoms with Gasteiger partial charge in [-0.15, -0.1) is 0 Å². The van der Waals surface area contributed by atoms with Crippen molar-refractivity contribution in [1.29, 1.82) is 0 Å². The van der Waals surface area contributed by atoms with Crippen LogP contribution in [0.1, 0.15) is 21.5 Å². The lowest BCUT2D eigenvalue weighted by Crippen LogP contribution is -2.35. The first kappa shape index (κ1) is 21.6. The standard InChI is InChI=1S/C24H20N4O5/c1-13-9-10-17(11-14(13)2)28-23(31)20(22(30)27-28)26-25-19-8-4-7-18(21(19)29)15-5-3-6-16(12-15)24(32)33/h3-12,25,29H,1-2H3,(H,27,30)(H,32,33)/b26-20-. The lowest BCUT2D eigenvalue weighted by atomic mass is 10.0. The second kappa shape index (κ2) is 8.46. The number of carbonyl (C=O) groups excluding carboxylic acids is 2. The van der Waals surface area contributed by atoms with Crippen LogP contribution < -0.4 is 15.9 Å². The summed E-state index contributed by atoms with van der Waals surface area (Å²) in [6.07, 6.45) is 0. The van der Waals surface area contributed by atoms with E-state index < -0.39 is 17.8 Å². The first-order valence-electron chi connectivity index (χ1n) is 9.98. The number of phenolic OH excluding ortho intramolecular Hbond substituents is 1. The van der Waals surface area contributed by atoms with Crippen LogP contribution in [0.5, 0.6) is 5.75 Å². The number of carboxylic acid groups (broad SMARTS) is 1. The van der Waals surface area contributed by atoms with Gasteiger partial charge in [-0.25, -0.2) is 9.80 Å². The minimum Gasteiger partial charge on any atom is -0.505 e. The average molecular weight is 444 g/mol. The summed E-state index contributed by atoms with van der Waals surface area (Å²) < 4.78 is 0. The van der Waals surface area contributed by atoms with Gasteiger partial charge in [0.25, 0.3) is 5.91 Å². The zero-order valence-electron chi connectivity index (χ0n) is 17.8. The molecule has 4 rings (SSSR count). The predicted octanol–water partition coefficient (Wildman–Crippen LogP) is 3.22. The maximum atomic E-state index is 12.8. The highest BCUT2D eigenvalue weighted by Crippen LogP contribution is 2.35. The Bertz CT molecular complexity index is 1330. The van der Waals surface area contributed by atoms with Gasteiger partial charge in [-0.2, -0.15) is 5.10 Å². The summed E-state index contributed by atoms with van der Waals surface area (Å²) in [5.41, 5.74) is 8.27. The fourth-order valence-corrected chi connectivity index (χ4v) is 3.36. The van der Waals surface area contributed by atoms with E-state index in [1.165, 1.54) is 18.2 Å². The number of phenols is 1. The van der Waals surface area contributed by atoms with E-state index >= 15 is 0 Å². The topological polar surface area (TPSA) is 131 Å². The lowest BCUT2D eigenvalue weighted by Gasteiger charge is -2.15. The number of carboxylic acids is 1. The number of hydrazone groups is 1. The number of carbonyl (C=O) groups is 3. The number of hydrogen-bond acceptors (Lipinski definition) is 6. The first-order valence-corrected chi connectivity index (χ1v) is 9.98. The molecule has 9 nitrogen and oxygen atoms in total. The molecule has 0 bridgehead atoms. The van der Waals surface area contributed by atoms with E-state index in [1.54, 1.807) is 36.4 Å². The Hall–Kier alpha value is -4.66. The number of nitrogens with one attached hydrogen (secondary N) is 2. The molecule has 0 spiro atoms. The number of benzene rings is 3. The van der Waals surface area contributed by atoms with Gasteiger partial charge in [0.05, 0.1) is 16.9 Å². The number of hydrazine groups is 1. The number of para-hydroxylation sites is 1. The number of aromatic hydroxyl groups is 1. The highest BCUT2D eigenvalue weighted by atomic mass is 16.4. The first-order chi connectivity index (χ1) is 15.8. The SMILES string of the molecule is Cc1ccc(N2NC(=O)/C(=N/Nc3cccc(-c4cccc(C(=O)O)c4)c3O)C2=O)cc1C. The number of aryl methyl sites for hydroxylation is 2. The molecular weight excluding hydrogens is 424 g/mol. The van der Waals surface area contributed by atoms with Gasteiger partial charge < -0.3 is 10.2 Å². The summed E-state index contributed by atoms with van der Waals surface area (Å²) in [6.45, 7) is 3.85. The molecule has 33 heavy (non-hydrogen) atoms. The highest BCUT2D eigenvalue weighted by Gasteiger charge is 2.36. The molecule has 0 radical (unpaired) electrons. The molecule has 4 N–H and O–H groups in total. The zero-order valence-corrected chi connectivity index (χ0v) is 17.8. The molecule has 1 fully saturated rings. The molecule has 0 aromatic heterocycles. The van der Waals surface area contributed by atoms with Crippen molar-refractivity contribution in [2.45, 2.75) is 13.8 Å². The van der Waals surface area contributed by atoms with Crippen LogP contribution in [0.2, 0.25) is 0 Å². The van der Waals surface area contributed by atoms with Crippen LogP contribution in [-0.4, -0.2) is 33.7 Å². The van der Waals surface area contributed by atoms with Crippen molar-refractivity contribution in [3.05, 3.63) is 77.4 Å². The molecule has 166 valence electrons. The van der Waals surface area contributed by atoms with E-state index in [0.717, 1.165) is 16.1 Å². The van der Waals surface area contributed by atoms with Crippen molar-refractivity contribution in [1.82, 2.24) is 5.43 Å². The number of aromatic carboxylic acids is 1. The molecule has 2 amide bonds. The minimum atomic E-state index is -1.09. The van der Waals surface area contributed by atoms with E-state index in [1.807, 2.05) is 19.9 Å². The van der Waals surface area contributed by atoms with Crippen molar-refractivity contribution >= 4 is 34.9 Å². The largest absolute Gasteiger partial charge is 0.505 e. The monoisotopic (exact) mass is 444 g/mol. The molecule has 1 heterocycles. The summed E-state index contributed by atoms with van der Waals surface area (Å²) in [6, 6.07) is 16.2. The summed E-state index contributed by atoms with van der Waals surface area (Å²) in [4.78, 5) is 36.4. The molecule has 1 aliphatic rings. The molecular formula is C24H20N4O5. The Morgan fingerprint density at radius 2 is 1.76 bits per heavy atom. The van der Waals surface area contributed by atoms with Crippen LogP contribution >= 0.6 is 0 Å². The van der Waals surface area contributed by atoms with Crippen LogP contribution in [-0.2, 0) is 9.59 Å². The summed E-state index contributed by atoms with van der Waals surface area (Å²) in [5.74, 6) is -2.62. The van der Waals surface area contributed by atoms with Crippen LogP contribution in [0.4, 0.5) is 11.4 Å². The summed E-state index contributed by atoms with van der Waals surface area (Å²) >= 11 is 0. The highest BCUT2D eigenvalue weighted by molar-refractivity contribution is 6.70. The van der Waals surface area contributed by atoms with Crippen molar-refractivity contribution in [2.24, 2.45) is 5.10 Å². The normalized spacial score (nSPS) is 14.5. The molecule has 3 aromatic rings. The van der Waals surface area contributed by atoms with E-state index in [4.69, 9.17) is 0 Å². The van der Waals surface area contributed by atoms with Crippen molar-refractivity contribution in [3.8, 4) is 16.9 Å². The molecule has 1 aliphatic heterocycles. The van der Waals surface area contributed by atoms with E-state index in [2.05, 4.69) is 16.0 Å². The maximum Gasteiger partial charge on any atom is 0.335 e. The summed E-state index contributed by atoms with van der Waals surface area (Å²) in [7, 11) is 0. The third-order valence-corrected chi connectivity index (χ3v) is 5.33. The second-order valence-corrected chi connectivity index (χ2v) is 7.51. The van der Waals surface area contributed by atoms with Gasteiger partial charge in [0.2, 0.25) is 5.71 Å². The minimum absolute atomic E-state index is 0.0742. The van der Waals surface area contributed by atoms with Gasteiger partial charge in [0.15, 0.2) is 0 Å². The maximum absolute atomic E-state index is 12.8. The number of rotatable bonds is 5. The van der Waals surface area contributed by atoms with Crippen LogP contribution in [0.15, 0.2) is 65.8 Å². The van der Waals surface area contributed by atoms with Gasteiger partial charge in [-0.05, 0) is 60.9 Å². The Labute approximate surface area is 188 Å². The van der Waals surface area contributed by atoms with Gasteiger partial charge in [0, 0.05) is 5.56 Å². The fraction of sp³-hybridized carbons (Fsp3) is 0.0833. The van der Waals surface area contributed by atoms with Crippen LogP contribution in [0, 0.1) is 13.8 Å². The quantitative estimate of drug-likeness (QED) is 0.353. The Morgan fingerprint density at radius 3 is 2.48 bits per heavy atom. The smallest absolute Gasteiger partial charge is 0.335 e. The summed E-state index contributed by atoms with van der Waals surface area (Å²) in [5, 5.41) is 24.9. The van der Waals surface area contributed by atoms with E-state index in [0.29, 0.717) is 16.8 Å². The van der Waals surface area contributed by atoms with E-state index in [-0.39, 0.29) is 22.7 Å². The Kier molecular flexibility index (Phi) is 5.53. The van der Waals surface area contributed by atoms with Crippen LogP contribution in [0.3, 0.4) is 0 Å². The van der Waals surface area contributed by atoms with Gasteiger partial charge in [-0.3, -0.25) is 20.4 Å². The van der Waals surface area contributed by atoms with E-state index in [9.17, 15) is 24.6 Å². The fourth-order valence-electron chi connectivity index (χ4n) is 3.36. The molecule has 0 saturated carbocycles. The molecule has 9 heteroatoms. The Morgan fingerprint density at radius 1 is 1.00 bits per heavy atom. The molecule has 3 aromatic carbocycles. The van der Waals surface area contributed by atoms with Crippen LogP contribution in [0.25, 0.3) is 11.1 Å². The van der Waals surface area contributed by atoms with Gasteiger partial charge in [0.1, 0.15) is 5.75 Å². The van der Waals surface area contributed by atoms with Crippen molar-refractivity contribution in [2.75, 3.05) is 10.4 Å². The molecule has 0 unspecified atom stereocenters. The molecule has 0 atom stereocenters. The number of amides is 2. The zero-order chi connectivity index (χ0) is 23.7. The van der Waals surface area contributed by atoms with Crippen molar-refractivity contribution in [3.63, 3.8) is 0 Å². The van der Waals surface area contributed by atoms with Gasteiger partial charge in [-0.1, -0.05) is 30.3 Å². The number of anilines is 2. The van der Waals surface area contributed by atoms with Crippen molar-refractivity contribution < 1.29 is 24.6 Å². The average Bonchev–Trinajstić information content (AvgIpc) is 3.08.